The summed E-state index contributed by atoms with van der Waals surface area (Å²) in [6, 6.07) is 15.2. The number of nitro groups is 1. The largest absolute Gasteiger partial charge is 0.332 e. The molecular weight excluding hydrogens is 410 g/mol. The van der Waals surface area contributed by atoms with Gasteiger partial charge in [-0.25, -0.2) is 4.68 Å². The van der Waals surface area contributed by atoms with Crippen molar-refractivity contribution in [1.29, 1.82) is 5.26 Å². The third kappa shape index (κ3) is 5.14. The van der Waals surface area contributed by atoms with Crippen LogP contribution in [0.25, 0.3) is 5.69 Å². The quantitative estimate of drug-likeness (QED) is 0.395. The predicted molar refractivity (Wildman–Crippen MR) is 117 cm³/mol. The van der Waals surface area contributed by atoms with Crippen LogP contribution in [0.5, 0.6) is 0 Å². The van der Waals surface area contributed by atoms with E-state index in [0.717, 1.165) is 5.56 Å². The van der Waals surface area contributed by atoms with Gasteiger partial charge in [0.15, 0.2) is 5.69 Å². The number of non-ortho nitro benzene ring substituents is 1. The van der Waals surface area contributed by atoms with Crippen LogP contribution in [0.3, 0.4) is 0 Å². The highest BCUT2D eigenvalue weighted by molar-refractivity contribution is 5.93. The topological polar surface area (TPSA) is 121 Å². The lowest BCUT2D eigenvalue weighted by Gasteiger charge is -2.24. The Hall–Kier alpha value is -4.10. The molecule has 0 spiro atoms. The molecule has 0 fully saturated rings. The van der Waals surface area contributed by atoms with Crippen molar-refractivity contribution in [3.8, 4) is 11.8 Å². The van der Waals surface area contributed by atoms with Crippen LogP contribution in [-0.4, -0.2) is 62.8 Å². The van der Waals surface area contributed by atoms with Gasteiger partial charge in [-0.05, 0) is 44.8 Å². The second kappa shape index (κ2) is 9.80. The molecular formula is C22H23N7O3. The first-order chi connectivity index (χ1) is 15.3. The van der Waals surface area contributed by atoms with Crippen LogP contribution in [0.1, 0.15) is 27.3 Å². The van der Waals surface area contributed by atoms with Crippen LogP contribution in [0.4, 0.5) is 5.69 Å². The van der Waals surface area contributed by atoms with Gasteiger partial charge in [-0.2, -0.15) is 5.26 Å². The average molecular weight is 433 g/mol. The first-order valence-corrected chi connectivity index (χ1v) is 9.90. The lowest BCUT2D eigenvalue weighted by molar-refractivity contribution is -0.384. The van der Waals surface area contributed by atoms with Crippen LogP contribution >= 0.6 is 0 Å². The Balaban J connectivity index is 1.89. The molecule has 0 bridgehead atoms. The summed E-state index contributed by atoms with van der Waals surface area (Å²) < 4.78 is 1.42. The molecule has 10 heteroatoms. The van der Waals surface area contributed by atoms with Crippen molar-refractivity contribution >= 4 is 11.6 Å². The monoisotopic (exact) mass is 433 g/mol. The van der Waals surface area contributed by atoms with E-state index in [1.54, 1.807) is 36.1 Å². The fourth-order valence-corrected chi connectivity index (χ4v) is 3.14. The van der Waals surface area contributed by atoms with E-state index in [1.807, 2.05) is 31.1 Å². The van der Waals surface area contributed by atoms with Crippen LogP contribution in [0, 0.1) is 28.4 Å². The van der Waals surface area contributed by atoms with Crippen LogP contribution in [0.15, 0.2) is 48.5 Å². The number of benzene rings is 2. The number of carbonyl (C=O) groups is 1. The first kappa shape index (κ1) is 22.6. The Kier molecular flexibility index (Phi) is 6.92. The molecule has 3 rings (SSSR count). The minimum Gasteiger partial charge on any atom is -0.332 e. The standard InChI is InChI=1S/C22H23N7O3/c1-16-21(24-25-28(16)19-5-4-6-20(13-19)29(31)32)22(30)27(12-11-26(2)3)15-18-9-7-17(14-23)8-10-18/h4-10,13H,11-12,15H2,1-3H3. The second-order valence-corrected chi connectivity index (χ2v) is 7.55. The number of carbonyl (C=O) groups excluding carboxylic acids is 1. The molecule has 0 aliphatic carbocycles. The van der Waals surface area contributed by atoms with Gasteiger partial charge >= 0.3 is 0 Å². The molecule has 0 atom stereocenters. The van der Waals surface area contributed by atoms with E-state index in [4.69, 9.17) is 5.26 Å². The highest BCUT2D eigenvalue weighted by Gasteiger charge is 2.24. The van der Waals surface area contributed by atoms with Gasteiger partial charge in [-0.3, -0.25) is 14.9 Å². The number of hydrogen-bond acceptors (Lipinski definition) is 7. The zero-order chi connectivity index (χ0) is 23.3. The van der Waals surface area contributed by atoms with Gasteiger partial charge in [-0.15, -0.1) is 5.10 Å². The number of nitrogens with zero attached hydrogens (tertiary/aromatic N) is 7. The molecule has 10 nitrogen and oxygen atoms in total. The summed E-state index contributed by atoms with van der Waals surface area (Å²) in [6.45, 7) is 3.18. The summed E-state index contributed by atoms with van der Waals surface area (Å²) in [4.78, 5) is 27.6. The Bertz CT molecular complexity index is 1160. The maximum absolute atomic E-state index is 13.4. The molecule has 3 aromatic rings. The molecule has 0 radical (unpaired) electrons. The van der Waals surface area contributed by atoms with E-state index < -0.39 is 4.92 Å². The smallest absolute Gasteiger partial charge is 0.276 e. The predicted octanol–water partition coefficient (Wildman–Crippen LogP) is 2.56. The maximum atomic E-state index is 13.4. The SMILES string of the molecule is Cc1c(C(=O)N(CCN(C)C)Cc2ccc(C#N)cc2)nnn1-c1cccc([N+](=O)[O-])c1. The van der Waals surface area contributed by atoms with Crippen LogP contribution in [0.2, 0.25) is 0 Å². The van der Waals surface area contributed by atoms with E-state index in [2.05, 4.69) is 16.4 Å². The molecule has 0 aliphatic heterocycles. The number of rotatable bonds is 8. The van der Waals surface area contributed by atoms with Crippen molar-refractivity contribution < 1.29 is 9.72 Å². The Morgan fingerprint density at radius 3 is 2.53 bits per heavy atom. The Morgan fingerprint density at radius 1 is 1.19 bits per heavy atom. The molecule has 0 aliphatic rings. The Morgan fingerprint density at radius 2 is 1.91 bits per heavy atom. The fourth-order valence-electron chi connectivity index (χ4n) is 3.14. The van der Waals surface area contributed by atoms with Gasteiger partial charge in [0.05, 0.1) is 27.9 Å². The normalized spacial score (nSPS) is 10.7. The summed E-state index contributed by atoms with van der Waals surface area (Å²) >= 11 is 0. The van der Waals surface area contributed by atoms with E-state index >= 15 is 0 Å². The molecule has 0 saturated carbocycles. The van der Waals surface area contributed by atoms with Gasteiger partial charge in [0.1, 0.15) is 0 Å². The number of amides is 1. The van der Waals surface area contributed by atoms with Crippen molar-refractivity contribution in [2.24, 2.45) is 0 Å². The lowest BCUT2D eigenvalue weighted by Crippen LogP contribution is -2.36. The highest BCUT2D eigenvalue weighted by Crippen LogP contribution is 2.19. The van der Waals surface area contributed by atoms with E-state index in [-0.39, 0.29) is 17.3 Å². The molecule has 164 valence electrons. The van der Waals surface area contributed by atoms with Crippen molar-refractivity contribution in [2.75, 3.05) is 27.2 Å². The van der Waals surface area contributed by atoms with E-state index in [1.165, 1.54) is 16.8 Å². The number of aromatic nitrogens is 3. The molecule has 0 N–H and O–H groups in total. The zero-order valence-electron chi connectivity index (χ0n) is 18.1. The Labute approximate surface area is 185 Å². The van der Waals surface area contributed by atoms with E-state index in [0.29, 0.717) is 36.6 Å². The third-order valence-corrected chi connectivity index (χ3v) is 4.94. The summed E-state index contributed by atoms with van der Waals surface area (Å²) in [5.41, 5.74) is 2.50. The maximum Gasteiger partial charge on any atom is 0.276 e. The summed E-state index contributed by atoms with van der Waals surface area (Å²) in [7, 11) is 3.85. The molecule has 2 aromatic carbocycles. The van der Waals surface area contributed by atoms with Crippen molar-refractivity contribution in [2.45, 2.75) is 13.5 Å². The van der Waals surface area contributed by atoms with Gasteiger partial charge < -0.3 is 9.80 Å². The van der Waals surface area contributed by atoms with Gasteiger partial charge in [0.2, 0.25) is 0 Å². The molecule has 1 aromatic heterocycles. The van der Waals surface area contributed by atoms with E-state index in [9.17, 15) is 14.9 Å². The second-order valence-electron chi connectivity index (χ2n) is 7.55. The van der Waals surface area contributed by atoms with Gasteiger partial charge in [0, 0.05) is 31.8 Å². The number of hydrogen-bond donors (Lipinski definition) is 0. The van der Waals surface area contributed by atoms with Gasteiger partial charge in [0.25, 0.3) is 11.6 Å². The lowest BCUT2D eigenvalue weighted by atomic mass is 10.1. The number of nitro benzene ring substituents is 1. The minimum atomic E-state index is -0.484. The first-order valence-electron chi connectivity index (χ1n) is 9.90. The summed E-state index contributed by atoms with van der Waals surface area (Å²) in [5, 5.41) is 28.2. The molecule has 32 heavy (non-hydrogen) atoms. The van der Waals surface area contributed by atoms with Crippen LogP contribution < -0.4 is 0 Å². The molecule has 0 saturated heterocycles. The van der Waals surface area contributed by atoms with Crippen molar-refractivity contribution in [3.63, 3.8) is 0 Å². The average Bonchev–Trinajstić information content (AvgIpc) is 3.17. The highest BCUT2D eigenvalue weighted by atomic mass is 16.6. The third-order valence-electron chi connectivity index (χ3n) is 4.94. The zero-order valence-corrected chi connectivity index (χ0v) is 18.1. The van der Waals surface area contributed by atoms with Crippen LogP contribution in [-0.2, 0) is 6.54 Å². The minimum absolute atomic E-state index is 0.0706. The molecule has 1 amide bonds. The van der Waals surface area contributed by atoms with Crippen molar-refractivity contribution in [1.82, 2.24) is 24.8 Å². The van der Waals surface area contributed by atoms with Gasteiger partial charge in [-0.1, -0.05) is 23.4 Å². The number of nitriles is 1. The molecule has 0 unspecified atom stereocenters. The summed E-state index contributed by atoms with van der Waals surface area (Å²) in [6.07, 6.45) is 0. The van der Waals surface area contributed by atoms with Crippen molar-refractivity contribution in [3.05, 3.63) is 81.2 Å². The molecule has 1 heterocycles. The number of likely N-dealkylation sites (N-methyl/N-ethyl adjacent to an activating group) is 1. The fraction of sp³-hybridized carbons (Fsp3) is 0.273. The summed E-state index contributed by atoms with van der Waals surface area (Å²) in [5.74, 6) is -0.287.